The van der Waals surface area contributed by atoms with E-state index in [0.717, 1.165) is 49.6 Å². The topological polar surface area (TPSA) is 75.0 Å². The summed E-state index contributed by atoms with van der Waals surface area (Å²) in [5.74, 6) is 0.976. The fourth-order valence-corrected chi connectivity index (χ4v) is 4.41. The summed E-state index contributed by atoms with van der Waals surface area (Å²) in [5, 5.41) is 2.91. The normalized spacial score (nSPS) is 21.9. The highest BCUT2D eigenvalue weighted by molar-refractivity contribution is 5.98. The maximum atomic E-state index is 13.2. The first-order valence-corrected chi connectivity index (χ1v) is 9.80. The number of hydrogen-bond donors (Lipinski definition) is 1. The van der Waals surface area contributed by atoms with Crippen LogP contribution in [0.25, 0.3) is 0 Å². The van der Waals surface area contributed by atoms with E-state index >= 15 is 0 Å². The van der Waals surface area contributed by atoms with E-state index < -0.39 is 0 Å². The highest BCUT2D eigenvalue weighted by atomic mass is 16.5. The third-order valence-electron chi connectivity index (χ3n) is 5.84. The molecule has 7 nitrogen and oxygen atoms in total. The molecule has 1 fully saturated rings. The molecule has 3 aliphatic heterocycles. The largest absolute Gasteiger partial charge is 0.455 e. The van der Waals surface area contributed by atoms with Gasteiger partial charge in [0.2, 0.25) is 0 Å². The number of nitrogens with one attached hydrogen (secondary N) is 1. The molecule has 0 spiro atoms. The van der Waals surface area contributed by atoms with Crippen molar-refractivity contribution in [1.29, 1.82) is 0 Å². The van der Waals surface area contributed by atoms with Crippen LogP contribution in [0, 0.1) is 0 Å². The molecular formula is C21H23N3O4. The number of amides is 2. The van der Waals surface area contributed by atoms with Gasteiger partial charge in [-0.15, -0.1) is 0 Å². The number of nitrogens with zero attached hydrogens (tertiary/aromatic N) is 2. The lowest BCUT2D eigenvalue weighted by Crippen LogP contribution is -2.49. The number of furan rings is 1. The summed E-state index contributed by atoms with van der Waals surface area (Å²) in [6.07, 6.45) is 0.750. The maximum Gasteiger partial charge on any atom is 0.290 e. The molecule has 4 heterocycles. The van der Waals surface area contributed by atoms with Crippen LogP contribution in [-0.4, -0.2) is 61.0 Å². The Morgan fingerprint density at radius 2 is 2.00 bits per heavy atom. The van der Waals surface area contributed by atoms with Gasteiger partial charge in [-0.25, -0.2) is 0 Å². The summed E-state index contributed by atoms with van der Waals surface area (Å²) in [4.78, 5) is 29.5. The number of carbonyl (C=O) groups is 2. The van der Waals surface area contributed by atoms with Crippen molar-refractivity contribution in [3.05, 3.63) is 58.5 Å². The summed E-state index contributed by atoms with van der Waals surface area (Å²) < 4.78 is 11.3. The third-order valence-corrected chi connectivity index (χ3v) is 5.84. The summed E-state index contributed by atoms with van der Waals surface area (Å²) in [7, 11) is 0. The minimum atomic E-state index is -0.141. The molecule has 28 heavy (non-hydrogen) atoms. The molecule has 0 bridgehead atoms. The minimum absolute atomic E-state index is 0.0619. The Labute approximate surface area is 163 Å². The summed E-state index contributed by atoms with van der Waals surface area (Å²) >= 11 is 0. The quantitative estimate of drug-likeness (QED) is 0.874. The number of hydrogen-bond acceptors (Lipinski definition) is 5. The van der Waals surface area contributed by atoms with Crippen molar-refractivity contribution in [2.24, 2.45) is 0 Å². The molecule has 3 aliphatic rings. The molecule has 1 N–H and O–H groups in total. The second-order valence-corrected chi connectivity index (χ2v) is 7.51. The van der Waals surface area contributed by atoms with Crippen molar-refractivity contribution in [2.45, 2.75) is 19.0 Å². The highest BCUT2D eigenvalue weighted by Crippen LogP contribution is 2.35. The van der Waals surface area contributed by atoms with Gasteiger partial charge in [-0.1, -0.05) is 12.1 Å². The van der Waals surface area contributed by atoms with Crippen LogP contribution >= 0.6 is 0 Å². The van der Waals surface area contributed by atoms with Gasteiger partial charge < -0.3 is 19.4 Å². The van der Waals surface area contributed by atoms with Crippen molar-refractivity contribution in [3.8, 4) is 0 Å². The van der Waals surface area contributed by atoms with Crippen molar-refractivity contribution in [2.75, 3.05) is 39.4 Å². The molecule has 2 aromatic rings. The number of carbonyl (C=O) groups excluding carboxylic acids is 2. The molecule has 7 heteroatoms. The van der Waals surface area contributed by atoms with E-state index in [2.05, 4.69) is 16.3 Å². The van der Waals surface area contributed by atoms with Crippen molar-refractivity contribution >= 4 is 11.8 Å². The molecule has 1 saturated heterocycles. The first kappa shape index (κ1) is 17.5. The Hall–Kier alpha value is -2.64. The summed E-state index contributed by atoms with van der Waals surface area (Å²) in [6.45, 7) is 4.95. The van der Waals surface area contributed by atoms with Gasteiger partial charge >= 0.3 is 0 Å². The van der Waals surface area contributed by atoms with Gasteiger partial charge in [0.1, 0.15) is 5.76 Å². The van der Waals surface area contributed by atoms with E-state index in [1.54, 1.807) is 6.07 Å². The molecule has 5 rings (SSSR count). The zero-order valence-corrected chi connectivity index (χ0v) is 15.6. The Kier molecular flexibility index (Phi) is 4.41. The Balaban J connectivity index is 1.37. The average molecular weight is 381 g/mol. The molecule has 1 aromatic carbocycles. The monoisotopic (exact) mass is 381 g/mol. The van der Waals surface area contributed by atoms with Crippen molar-refractivity contribution in [1.82, 2.24) is 15.1 Å². The Morgan fingerprint density at radius 3 is 2.86 bits per heavy atom. The van der Waals surface area contributed by atoms with Gasteiger partial charge in [0.15, 0.2) is 5.76 Å². The molecule has 146 valence electrons. The predicted octanol–water partition coefficient (Wildman–Crippen LogP) is 1.59. The lowest BCUT2D eigenvalue weighted by atomic mass is 9.86. The average Bonchev–Trinajstić information content (AvgIpc) is 3.19. The second-order valence-electron chi connectivity index (χ2n) is 7.51. The zero-order valence-electron chi connectivity index (χ0n) is 15.6. The minimum Gasteiger partial charge on any atom is -0.455 e. The number of ether oxygens (including phenoxy) is 1. The van der Waals surface area contributed by atoms with E-state index in [4.69, 9.17) is 9.15 Å². The highest BCUT2D eigenvalue weighted by Gasteiger charge is 2.38. The van der Waals surface area contributed by atoms with E-state index in [0.29, 0.717) is 31.0 Å². The smallest absolute Gasteiger partial charge is 0.290 e. The molecule has 0 saturated carbocycles. The number of rotatable bonds is 3. The molecule has 2 amide bonds. The number of benzene rings is 1. The summed E-state index contributed by atoms with van der Waals surface area (Å²) in [5.41, 5.74) is 2.83. The fourth-order valence-electron chi connectivity index (χ4n) is 4.41. The van der Waals surface area contributed by atoms with E-state index in [1.165, 1.54) is 0 Å². The fraction of sp³-hybridized carbons (Fsp3) is 0.429. The molecule has 1 unspecified atom stereocenters. The lowest BCUT2D eigenvalue weighted by Gasteiger charge is -2.40. The molecule has 1 aromatic heterocycles. The number of morpholine rings is 1. The van der Waals surface area contributed by atoms with Crippen LogP contribution in [0.15, 0.2) is 34.7 Å². The van der Waals surface area contributed by atoms with E-state index in [9.17, 15) is 9.59 Å². The van der Waals surface area contributed by atoms with E-state index in [1.807, 2.05) is 23.1 Å². The maximum absolute atomic E-state index is 13.2. The third kappa shape index (κ3) is 3.00. The Morgan fingerprint density at radius 1 is 1.14 bits per heavy atom. The SMILES string of the molecule is O=C1NCC2c3c(cccc31)CCN2C(=O)c1ccc(CN2CCOCC2)o1. The van der Waals surface area contributed by atoms with Crippen LogP contribution in [0.2, 0.25) is 0 Å². The van der Waals surface area contributed by atoms with Gasteiger partial charge in [-0.2, -0.15) is 0 Å². The van der Waals surface area contributed by atoms with Crippen LogP contribution in [0.4, 0.5) is 0 Å². The van der Waals surface area contributed by atoms with Crippen LogP contribution in [0.5, 0.6) is 0 Å². The molecular weight excluding hydrogens is 358 g/mol. The zero-order chi connectivity index (χ0) is 19.1. The van der Waals surface area contributed by atoms with Gasteiger partial charge in [-0.05, 0) is 35.7 Å². The van der Waals surface area contributed by atoms with Gasteiger partial charge in [0, 0.05) is 31.7 Å². The van der Waals surface area contributed by atoms with Crippen molar-refractivity contribution < 1.29 is 18.7 Å². The van der Waals surface area contributed by atoms with Crippen LogP contribution in [-0.2, 0) is 17.7 Å². The standard InChI is InChI=1S/C21H23N3O4/c25-20-16-3-1-2-14-6-7-24(17(12-22-20)19(14)16)21(26)18-5-4-15(28-18)13-23-8-10-27-11-9-23/h1-5,17H,6-13H2,(H,22,25). The predicted molar refractivity (Wildman–Crippen MR) is 101 cm³/mol. The van der Waals surface area contributed by atoms with Crippen LogP contribution < -0.4 is 5.32 Å². The van der Waals surface area contributed by atoms with Gasteiger partial charge in [0.05, 0.1) is 25.8 Å². The molecule has 0 radical (unpaired) electrons. The van der Waals surface area contributed by atoms with Crippen LogP contribution in [0.1, 0.15) is 43.8 Å². The first-order chi connectivity index (χ1) is 13.7. The molecule has 1 atom stereocenters. The first-order valence-electron chi connectivity index (χ1n) is 9.80. The second kappa shape index (κ2) is 7.07. The van der Waals surface area contributed by atoms with Gasteiger partial charge in [-0.3, -0.25) is 14.5 Å². The van der Waals surface area contributed by atoms with Crippen LogP contribution in [0.3, 0.4) is 0 Å². The van der Waals surface area contributed by atoms with Crippen molar-refractivity contribution in [3.63, 3.8) is 0 Å². The van der Waals surface area contributed by atoms with Gasteiger partial charge in [0.25, 0.3) is 11.8 Å². The Bertz CT molecular complexity index is 916. The van der Waals surface area contributed by atoms with E-state index in [-0.39, 0.29) is 17.9 Å². The molecule has 0 aliphatic carbocycles. The lowest BCUT2D eigenvalue weighted by molar-refractivity contribution is 0.0308. The summed E-state index contributed by atoms with van der Waals surface area (Å²) in [6, 6.07) is 9.31.